The van der Waals surface area contributed by atoms with Crippen molar-refractivity contribution in [3.05, 3.63) is 23.7 Å². The lowest BCUT2D eigenvalue weighted by Gasteiger charge is -2.09. The van der Waals surface area contributed by atoms with Crippen molar-refractivity contribution in [3.63, 3.8) is 0 Å². The van der Waals surface area contributed by atoms with E-state index in [0.717, 1.165) is 24.4 Å². The summed E-state index contributed by atoms with van der Waals surface area (Å²) in [6.45, 7) is 3.02. The van der Waals surface area contributed by atoms with Gasteiger partial charge in [0.1, 0.15) is 11.5 Å². The van der Waals surface area contributed by atoms with Crippen LogP contribution in [-0.2, 0) is 16.4 Å². The van der Waals surface area contributed by atoms with Gasteiger partial charge in [-0.05, 0) is 31.9 Å². The summed E-state index contributed by atoms with van der Waals surface area (Å²) in [5.74, 6) is 2.08. The van der Waals surface area contributed by atoms with Gasteiger partial charge in [0.2, 0.25) is 0 Å². The van der Waals surface area contributed by atoms with E-state index < -0.39 is 9.84 Å². The molecule has 0 aliphatic carbocycles. The molecule has 0 saturated carbocycles. The van der Waals surface area contributed by atoms with Crippen LogP contribution < -0.4 is 5.32 Å². The molecule has 1 aliphatic rings. The van der Waals surface area contributed by atoms with Gasteiger partial charge in [-0.15, -0.1) is 0 Å². The summed E-state index contributed by atoms with van der Waals surface area (Å²) in [6.07, 6.45) is 1.58. The first kappa shape index (κ1) is 11.7. The van der Waals surface area contributed by atoms with Crippen molar-refractivity contribution < 1.29 is 12.8 Å². The molecule has 0 spiro atoms. The molecule has 1 N–H and O–H groups in total. The van der Waals surface area contributed by atoms with Gasteiger partial charge in [0.05, 0.1) is 17.5 Å². The zero-order chi connectivity index (χ0) is 11.6. The van der Waals surface area contributed by atoms with E-state index in [0.29, 0.717) is 18.8 Å². The molecular weight excluding hydrogens is 226 g/mol. The van der Waals surface area contributed by atoms with Gasteiger partial charge in [-0.25, -0.2) is 8.42 Å². The number of hydrogen-bond acceptors (Lipinski definition) is 4. The average molecular weight is 243 g/mol. The number of furan rings is 1. The SMILES string of the molecule is Cc1ccc(CNCC2CCCS2(=O)=O)o1. The van der Waals surface area contributed by atoms with E-state index in [1.165, 1.54) is 0 Å². The van der Waals surface area contributed by atoms with E-state index in [-0.39, 0.29) is 5.25 Å². The zero-order valence-corrected chi connectivity index (χ0v) is 10.2. The molecule has 90 valence electrons. The van der Waals surface area contributed by atoms with Crippen molar-refractivity contribution in [1.29, 1.82) is 0 Å². The van der Waals surface area contributed by atoms with Crippen molar-refractivity contribution in [2.45, 2.75) is 31.6 Å². The molecule has 2 rings (SSSR count). The van der Waals surface area contributed by atoms with Gasteiger partial charge in [-0.3, -0.25) is 0 Å². The molecule has 4 nitrogen and oxygen atoms in total. The minimum atomic E-state index is -2.83. The zero-order valence-electron chi connectivity index (χ0n) is 9.40. The second-order valence-electron chi connectivity index (χ2n) is 4.27. The van der Waals surface area contributed by atoms with Crippen LogP contribution in [0.15, 0.2) is 16.5 Å². The summed E-state index contributed by atoms with van der Waals surface area (Å²) in [5, 5.41) is 2.93. The molecule has 1 aromatic heterocycles. The quantitative estimate of drug-likeness (QED) is 0.864. The molecule has 0 aromatic carbocycles. The molecule has 1 unspecified atom stereocenters. The van der Waals surface area contributed by atoms with E-state index in [2.05, 4.69) is 5.32 Å². The van der Waals surface area contributed by atoms with Crippen LogP contribution in [0.5, 0.6) is 0 Å². The van der Waals surface area contributed by atoms with E-state index in [9.17, 15) is 8.42 Å². The van der Waals surface area contributed by atoms with Crippen LogP contribution >= 0.6 is 0 Å². The lowest BCUT2D eigenvalue weighted by molar-refractivity contribution is 0.459. The van der Waals surface area contributed by atoms with Gasteiger partial charge >= 0.3 is 0 Å². The van der Waals surface area contributed by atoms with Crippen LogP contribution in [0.3, 0.4) is 0 Å². The second-order valence-corrected chi connectivity index (χ2v) is 6.68. The van der Waals surface area contributed by atoms with Gasteiger partial charge in [-0.2, -0.15) is 0 Å². The van der Waals surface area contributed by atoms with Gasteiger partial charge < -0.3 is 9.73 Å². The molecule has 1 atom stereocenters. The average Bonchev–Trinajstić information content (AvgIpc) is 2.74. The maximum Gasteiger partial charge on any atom is 0.154 e. The van der Waals surface area contributed by atoms with Gasteiger partial charge in [0.25, 0.3) is 0 Å². The van der Waals surface area contributed by atoms with Gasteiger partial charge in [0, 0.05) is 6.54 Å². The largest absolute Gasteiger partial charge is 0.465 e. The number of nitrogens with one attached hydrogen (secondary N) is 1. The summed E-state index contributed by atoms with van der Waals surface area (Å²) in [7, 11) is -2.83. The van der Waals surface area contributed by atoms with Crippen LogP contribution in [0.4, 0.5) is 0 Å². The number of aryl methyl sites for hydroxylation is 1. The van der Waals surface area contributed by atoms with Gasteiger partial charge in [0.15, 0.2) is 9.84 Å². The Labute approximate surface area is 95.9 Å². The first-order valence-electron chi connectivity index (χ1n) is 5.55. The standard InChI is InChI=1S/C11H17NO3S/c1-9-4-5-10(15-9)7-12-8-11-3-2-6-16(11,13)14/h4-5,11-12H,2-3,6-8H2,1H3. The van der Waals surface area contributed by atoms with Crippen LogP contribution in [0, 0.1) is 6.92 Å². The first-order valence-corrected chi connectivity index (χ1v) is 7.27. The Bertz CT molecular complexity index is 450. The molecule has 1 aliphatic heterocycles. The number of sulfone groups is 1. The molecule has 1 saturated heterocycles. The molecule has 1 aromatic rings. The first-order chi connectivity index (χ1) is 7.58. The third-order valence-electron chi connectivity index (χ3n) is 2.93. The minimum Gasteiger partial charge on any atom is -0.465 e. The van der Waals surface area contributed by atoms with Crippen molar-refractivity contribution >= 4 is 9.84 Å². The fraction of sp³-hybridized carbons (Fsp3) is 0.636. The van der Waals surface area contributed by atoms with Crippen molar-refractivity contribution in [2.24, 2.45) is 0 Å². The summed E-state index contributed by atoms with van der Waals surface area (Å²) >= 11 is 0. The Hall–Kier alpha value is -0.810. The molecule has 0 amide bonds. The Morgan fingerprint density at radius 1 is 1.50 bits per heavy atom. The monoisotopic (exact) mass is 243 g/mol. The summed E-state index contributed by atoms with van der Waals surface area (Å²) in [4.78, 5) is 0. The van der Waals surface area contributed by atoms with E-state index in [1.807, 2.05) is 19.1 Å². The van der Waals surface area contributed by atoms with Crippen LogP contribution in [0.2, 0.25) is 0 Å². The molecule has 16 heavy (non-hydrogen) atoms. The maximum atomic E-state index is 11.5. The lowest BCUT2D eigenvalue weighted by Crippen LogP contribution is -2.30. The van der Waals surface area contributed by atoms with Crippen molar-refractivity contribution in [3.8, 4) is 0 Å². The topological polar surface area (TPSA) is 59.3 Å². The van der Waals surface area contributed by atoms with Crippen LogP contribution in [0.25, 0.3) is 0 Å². The van der Waals surface area contributed by atoms with Gasteiger partial charge in [-0.1, -0.05) is 0 Å². The highest BCUT2D eigenvalue weighted by atomic mass is 32.2. The predicted molar refractivity (Wildman–Crippen MR) is 62.0 cm³/mol. The van der Waals surface area contributed by atoms with Crippen LogP contribution in [-0.4, -0.2) is 26.0 Å². The maximum absolute atomic E-state index is 11.5. The summed E-state index contributed by atoms with van der Waals surface area (Å²) < 4.78 is 28.5. The Morgan fingerprint density at radius 3 is 2.88 bits per heavy atom. The van der Waals surface area contributed by atoms with E-state index >= 15 is 0 Å². The molecule has 1 fully saturated rings. The van der Waals surface area contributed by atoms with E-state index in [1.54, 1.807) is 0 Å². The highest BCUT2D eigenvalue weighted by Gasteiger charge is 2.30. The normalized spacial score (nSPS) is 23.7. The van der Waals surface area contributed by atoms with E-state index in [4.69, 9.17) is 4.42 Å². The van der Waals surface area contributed by atoms with Crippen molar-refractivity contribution in [2.75, 3.05) is 12.3 Å². The molecular formula is C11H17NO3S. The fourth-order valence-electron chi connectivity index (χ4n) is 2.02. The molecule has 0 radical (unpaired) electrons. The smallest absolute Gasteiger partial charge is 0.154 e. The predicted octanol–water partition coefficient (Wildman–Crippen LogP) is 1.25. The van der Waals surface area contributed by atoms with Crippen LogP contribution in [0.1, 0.15) is 24.4 Å². The highest BCUT2D eigenvalue weighted by Crippen LogP contribution is 2.19. The Balaban J connectivity index is 1.80. The summed E-state index contributed by atoms with van der Waals surface area (Å²) in [5.41, 5.74) is 0. The third-order valence-corrected chi connectivity index (χ3v) is 5.21. The Morgan fingerprint density at radius 2 is 2.31 bits per heavy atom. The highest BCUT2D eigenvalue weighted by molar-refractivity contribution is 7.92. The molecule has 5 heteroatoms. The van der Waals surface area contributed by atoms with Crippen molar-refractivity contribution in [1.82, 2.24) is 5.32 Å². The minimum absolute atomic E-state index is 0.205. The summed E-state index contributed by atoms with van der Waals surface area (Å²) in [6, 6.07) is 3.81. The fourth-order valence-corrected chi connectivity index (χ4v) is 3.82. The lowest BCUT2D eigenvalue weighted by atomic mass is 10.2. The number of hydrogen-bond donors (Lipinski definition) is 1. The third kappa shape index (κ3) is 2.65. The molecule has 2 heterocycles. The Kier molecular flexibility index (Phi) is 3.35. The number of rotatable bonds is 4. The second kappa shape index (κ2) is 4.59. The molecule has 0 bridgehead atoms.